The van der Waals surface area contributed by atoms with Crippen molar-refractivity contribution < 1.29 is 9.72 Å². The SMILES string of the molecule is Cc1sc(C(=O)N2CCNCC2C)cc1[N+](=O)[O-]. The van der Waals surface area contributed by atoms with Crippen molar-refractivity contribution in [2.24, 2.45) is 0 Å². The van der Waals surface area contributed by atoms with E-state index in [0.29, 0.717) is 16.3 Å². The van der Waals surface area contributed by atoms with Crippen LogP contribution in [0.4, 0.5) is 5.69 Å². The van der Waals surface area contributed by atoms with Crippen molar-refractivity contribution in [3.05, 3.63) is 25.9 Å². The number of rotatable bonds is 2. The van der Waals surface area contributed by atoms with Crippen molar-refractivity contribution in [2.75, 3.05) is 19.6 Å². The second kappa shape index (κ2) is 5.03. The molecule has 0 saturated carbocycles. The third kappa shape index (κ3) is 2.37. The second-order valence-electron chi connectivity index (χ2n) is 4.36. The molecule has 0 aliphatic carbocycles. The largest absolute Gasteiger partial charge is 0.333 e. The number of aryl methyl sites for hydroxylation is 1. The highest BCUT2D eigenvalue weighted by Gasteiger charge is 2.27. The Bertz CT molecular complexity index is 486. The van der Waals surface area contributed by atoms with E-state index in [1.165, 1.54) is 17.4 Å². The Morgan fingerprint density at radius 2 is 2.39 bits per heavy atom. The van der Waals surface area contributed by atoms with Crippen molar-refractivity contribution in [3.8, 4) is 0 Å². The molecule has 1 N–H and O–H groups in total. The van der Waals surface area contributed by atoms with Gasteiger partial charge in [-0.3, -0.25) is 14.9 Å². The average Bonchev–Trinajstić information content (AvgIpc) is 2.71. The zero-order valence-corrected chi connectivity index (χ0v) is 11.1. The van der Waals surface area contributed by atoms with Crippen LogP contribution in [0.2, 0.25) is 0 Å². The van der Waals surface area contributed by atoms with Gasteiger partial charge in [-0.15, -0.1) is 11.3 Å². The van der Waals surface area contributed by atoms with E-state index < -0.39 is 4.92 Å². The van der Waals surface area contributed by atoms with Gasteiger partial charge in [0.25, 0.3) is 11.6 Å². The highest BCUT2D eigenvalue weighted by atomic mass is 32.1. The van der Waals surface area contributed by atoms with Crippen LogP contribution in [-0.2, 0) is 0 Å². The molecule has 18 heavy (non-hydrogen) atoms. The van der Waals surface area contributed by atoms with E-state index in [2.05, 4.69) is 5.32 Å². The van der Waals surface area contributed by atoms with Gasteiger partial charge in [-0.05, 0) is 13.8 Å². The Balaban J connectivity index is 2.23. The number of nitrogens with one attached hydrogen (secondary N) is 1. The van der Waals surface area contributed by atoms with E-state index in [9.17, 15) is 14.9 Å². The predicted molar refractivity (Wildman–Crippen MR) is 69.1 cm³/mol. The maximum absolute atomic E-state index is 12.3. The fourth-order valence-corrected chi connectivity index (χ4v) is 2.99. The summed E-state index contributed by atoms with van der Waals surface area (Å²) in [6.07, 6.45) is 0. The summed E-state index contributed by atoms with van der Waals surface area (Å²) in [6.45, 7) is 5.81. The van der Waals surface area contributed by atoms with E-state index in [1.54, 1.807) is 11.8 Å². The number of hydrogen-bond acceptors (Lipinski definition) is 5. The molecule has 0 aromatic carbocycles. The van der Waals surface area contributed by atoms with E-state index in [-0.39, 0.29) is 17.6 Å². The molecule has 98 valence electrons. The first-order valence-corrected chi connectivity index (χ1v) is 6.59. The number of thiophene rings is 1. The van der Waals surface area contributed by atoms with Gasteiger partial charge in [-0.2, -0.15) is 0 Å². The lowest BCUT2D eigenvalue weighted by atomic mass is 10.2. The lowest BCUT2D eigenvalue weighted by Gasteiger charge is -2.33. The zero-order valence-electron chi connectivity index (χ0n) is 10.3. The summed E-state index contributed by atoms with van der Waals surface area (Å²) in [6, 6.07) is 1.50. The molecule has 1 aliphatic heterocycles. The molecule has 1 atom stereocenters. The third-order valence-corrected chi connectivity index (χ3v) is 4.09. The Kier molecular flexibility index (Phi) is 3.63. The number of carbonyl (C=O) groups is 1. The number of carbonyl (C=O) groups excluding carboxylic acids is 1. The predicted octanol–water partition coefficient (Wildman–Crippen LogP) is 1.40. The molecule has 2 heterocycles. The van der Waals surface area contributed by atoms with Crippen molar-refractivity contribution in [1.82, 2.24) is 10.2 Å². The molecule has 1 saturated heterocycles. The molecule has 6 nitrogen and oxygen atoms in total. The van der Waals surface area contributed by atoms with Gasteiger partial charge in [-0.25, -0.2) is 0 Å². The minimum Gasteiger partial charge on any atom is -0.333 e. The van der Waals surface area contributed by atoms with Gasteiger partial charge in [0.1, 0.15) is 0 Å². The summed E-state index contributed by atoms with van der Waals surface area (Å²) in [5.74, 6) is -0.106. The van der Waals surface area contributed by atoms with E-state index in [1.807, 2.05) is 6.92 Å². The summed E-state index contributed by atoms with van der Waals surface area (Å²) in [7, 11) is 0. The van der Waals surface area contributed by atoms with Gasteiger partial charge in [0.05, 0.1) is 14.7 Å². The Labute approximate surface area is 109 Å². The summed E-state index contributed by atoms with van der Waals surface area (Å²) in [5.41, 5.74) is 0.0335. The zero-order chi connectivity index (χ0) is 13.3. The van der Waals surface area contributed by atoms with Crippen LogP contribution in [0.3, 0.4) is 0 Å². The first kappa shape index (κ1) is 13.0. The lowest BCUT2D eigenvalue weighted by molar-refractivity contribution is -0.385. The summed E-state index contributed by atoms with van der Waals surface area (Å²) >= 11 is 1.19. The van der Waals surface area contributed by atoms with Gasteiger partial charge in [0.15, 0.2) is 0 Å². The highest BCUT2D eigenvalue weighted by Crippen LogP contribution is 2.29. The monoisotopic (exact) mass is 269 g/mol. The number of nitro groups is 1. The number of amides is 1. The van der Waals surface area contributed by atoms with Crippen LogP contribution in [0.15, 0.2) is 6.07 Å². The summed E-state index contributed by atoms with van der Waals surface area (Å²) in [4.78, 5) is 25.4. The average molecular weight is 269 g/mol. The fourth-order valence-electron chi connectivity index (χ4n) is 2.04. The summed E-state index contributed by atoms with van der Waals surface area (Å²) < 4.78 is 0. The van der Waals surface area contributed by atoms with E-state index >= 15 is 0 Å². The lowest BCUT2D eigenvalue weighted by Crippen LogP contribution is -2.52. The van der Waals surface area contributed by atoms with Gasteiger partial charge in [-0.1, -0.05) is 0 Å². The van der Waals surface area contributed by atoms with E-state index in [0.717, 1.165) is 13.1 Å². The van der Waals surface area contributed by atoms with Crippen molar-refractivity contribution in [2.45, 2.75) is 19.9 Å². The molecule has 0 bridgehead atoms. The normalized spacial score (nSPS) is 19.9. The second-order valence-corrected chi connectivity index (χ2v) is 5.62. The van der Waals surface area contributed by atoms with E-state index in [4.69, 9.17) is 0 Å². The Hall–Kier alpha value is -1.47. The first-order chi connectivity index (χ1) is 8.50. The minimum absolute atomic E-state index is 0.0335. The third-order valence-electron chi connectivity index (χ3n) is 3.06. The minimum atomic E-state index is -0.441. The Morgan fingerprint density at radius 1 is 1.67 bits per heavy atom. The number of nitrogens with zero attached hydrogens (tertiary/aromatic N) is 2. The molecule has 2 rings (SSSR count). The van der Waals surface area contributed by atoms with Crippen LogP contribution in [0.25, 0.3) is 0 Å². The molecule has 1 unspecified atom stereocenters. The molecule has 1 aromatic heterocycles. The topological polar surface area (TPSA) is 75.5 Å². The maximum Gasteiger partial charge on any atom is 0.283 e. The molecule has 0 spiro atoms. The standard InChI is InChI=1S/C11H15N3O3S/c1-7-6-12-3-4-13(7)11(15)10-5-9(14(16)17)8(2)18-10/h5,7,12H,3-4,6H2,1-2H3. The molecule has 1 aliphatic rings. The molecule has 0 radical (unpaired) electrons. The van der Waals surface area contributed by atoms with Crippen molar-refractivity contribution >= 4 is 22.9 Å². The van der Waals surface area contributed by atoms with Gasteiger partial charge < -0.3 is 10.2 Å². The molecular formula is C11H15N3O3S. The molecular weight excluding hydrogens is 254 g/mol. The van der Waals surface area contributed by atoms with Crippen LogP contribution in [-0.4, -0.2) is 41.4 Å². The van der Waals surface area contributed by atoms with Crippen molar-refractivity contribution in [3.63, 3.8) is 0 Å². The van der Waals surface area contributed by atoms with Crippen LogP contribution in [0.5, 0.6) is 0 Å². The van der Waals surface area contributed by atoms with Crippen LogP contribution >= 0.6 is 11.3 Å². The van der Waals surface area contributed by atoms with Crippen LogP contribution in [0.1, 0.15) is 21.5 Å². The maximum atomic E-state index is 12.3. The quantitative estimate of drug-likeness (QED) is 0.650. The van der Waals surface area contributed by atoms with Gasteiger partial charge >= 0.3 is 0 Å². The summed E-state index contributed by atoms with van der Waals surface area (Å²) in [5, 5.41) is 14.0. The van der Waals surface area contributed by atoms with Gasteiger partial charge in [0, 0.05) is 31.7 Å². The number of piperazine rings is 1. The molecule has 1 aromatic rings. The van der Waals surface area contributed by atoms with Crippen LogP contribution < -0.4 is 5.32 Å². The number of hydrogen-bond donors (Lipinski definition) is 1. The molecule has 7 heteroatoms. The van der Waals surface area contributed by atoms with Crippen molar-refractivity contribution in [1.29, 1.82) is 0 Å². The van der Waals surface area contributed by atoms with Gasteiger partial charge in [0.2, 0.25) is 0 Å². The highest BCUT2D eigenvalue weighted by molar-refractivity contribution is 7.14. The Morgan fingerprint density at radius 3 is 2.94 bits per heavy atom. The first-order valence-electron chi connectivity index (χ1n) is 5.77. The molecule has 1 fully saturated rings. The fraction of sp³-hybridized carbons (Fsp3) is 0.545. The van der Waals surface area contributed by atoms with Crippen LogP contribution in [0, 0.1) is 17.0 Å². The molecule has 1 amide bonds. The smallest absolute Gasteiger partial charge is 0.283 e.